The van der Waals surface area contributed by atoms with E-state index < -0.39 is 0 Å². The van der Waals surface area contributed by atoms with Crippen LogP contribution in [-0.4, -0.2) is 36.9 Å². The molecule has 0 spiro atoms. The molecule has 0 bridgehead atoms. The highest BCUT2D eigenvalue weighted by atomic mass is 16.6. The SMILES string of the molecule is CC(=O)N[C@@H]1C(CC2CO2)CC(C)=C[C@H]1OC(C)C. The Morgan fingerprint density at radius 3 is 2.79 bits per heavy atom. The molecule has 1 aliphatic carbocycles. The Bertz CT molecular complexity index is 360. The van der Waals surface area contributed by atoms with E-state index in [1.165, 1.54) is 5.57 Å². The van der Waals surface area contributed by atoms with Gasteiger partial charge in [0.25, 0.3) is 0 Å². The van der Waals surface area contributed by atoms with Gasteiger partial charge in [0, 0.05) is 6.92 Å². The molecule has 4 heteroatoms. The molecule has 1 heterocycles. The molecule has 0 radical (unpaired) electrons. The number of nitrogens with one attached hydrogen (secondary N) is 1. The summed E-state index contributed by atoms with van der Waals surface area (Å²) in [5.74, 6) is 0.419. The Kier molecular flexibility index (Phi) is 4.63. The van der Waals surface area contributed by atoms with Crippen molar-refractivity contribution in [2.24, 2.45) is 5.92 Å². The summed E-state index contributed by atoms with van der Waals surface area (Å²) >= 11 is 0. The zero-order valence-electron chi connectivity index (χ0n) is 12.3. The van der Waals surface area contributed by atoms with E-state index in [1.54, 1.807) is 6.92 Å². The predicted octanol–water partition coefficient (Wildman–Crippen LogP) is 2.04. The van der Waals surface area contributed by atoms with Crippen LogP contribution in [0, 0.1) is 5.92 Å². The minimum absolute atomic E-state index is 0.0111. The van der Waals surface area contributed by atoms with E-state index >= 15 is 0 Å². The van der Waals surface area contributed by atoms with Crippen molar-refractivity contribution >= 4 is 5.91 Å². The standard InChI is InChI=1S/C15H25NO3/c1-9(2)19-14-6-10(3)5-12(7-13-8-18-13)15(14)16-11(4)17/h6,9,12-15H,5,7-8H2,1-4H3,(H,16,17)/t12?,13?,14-,15-/m1/s1. The molecule has 2 aliphatic rings. The fraction of sp³-hybridized carbons (Fsp3) is 0.800. The van der Waals surface area contributed by atoms with Crippen LogP contribution in [0.2, 0.25) is 0 Å². The quantitative estimate of drug-likeness (QED) is 0.612. The molecule has 1 N–H and O–H groups in total. The Balaban J connectivity index is 2.11. The smallest absolute Gasteiger partial charge is 0.217 e. The van der Waals surface area contributed by atoms with Crippen LogP contribution in [0.25, 0.3) is 0 Å². The summed E-state index contributed by atoms with van der Waals surface area (Å²) in [6.07, 6.45) is 4.69. The molecule has 2 rings (SSSR count). The molecular formula is C15H25NO3. The van der Waals surface area contributed by atoms with Gasteiger partial charge in [0.15, 0.2) is 0 Å². The lowest BCUT2D eigenvalue weighted by Gasteiger charge is -2.37. The lowest BCUT2D eigenvalue weighted by molar-refractivity contribution is -0.121. The second kappa shape index (κ2) is 6.06. The fourth-order valence-corrected chi connectivity index (χ4v) is 2.91. The maximum atomic E-state index is 11.5. The number of rotatable bonds is 5. The number of hydrogen-bond acceptors (Lipinski definition) is 3. The first-order valence-electron chi connectivity index (χ1n) is 7.17. The van der Waals surface area contributed by atoms with Crippen LogP contribution in [0.5, 0.6) is 0 Å². The van der Waals surface area contributed by atoms with Gasteiger partial charge in [-0.2, -0.15) is 0 Å². The molecule has 1 saturated heterocycles. The maximum absolute atomic E-state index is 11.5. The zero-order valence-corrected chi connectivity index (χ0v) is 12.3. The number of amides is 1. The number of allylic oxidation sites excluding steroid dienone is 1. The van der Waals surface area contributed by atoms with Gasteiger partial charge in [-0.3, -0.25) is 4.79 Å². The molecule has 19 heavy (non-hydrogen) atoms. The van der Waals surface area contributed by atoms with Gasteiger partial charge in [0.05, 0.1) is 31.0 Å². The molecular weight excluding hydrogens is 242 g/mol. The van der Waals surface area contributed by atoms with Gasteiger partial charge in [-0.05, 0) is 39.5 Å². The minimum atomic E-state index is -0.0265. The third-order valence-electron chi connectivity index (χ3n) is 3.66. The first kappa shape index (κ1) is 14.5. The second-order valence-corrected chi connectivity index (χ2v) is 6.04. The van der Waals surface area contributed by atoms with Gasteiger partial charge < -0.3 is 14.8 Å². The van der Waals surface area contributed by atoms with Crippen LogP contribution in [0.1, 0.15) is 40.5 Å². The number of ether oxygens (including phenoxy) is 2. The Morgan fingerprint density at radius 2 is 2.26 bits per heavy atom. The predicted molar refractivity (Wildman–Crippen MR) is 73.8 cm³/mol. The summed E-state index contributed by atoms with van der Waals surface area (Å²) in [6.45, 7) is 8.63. The van der Waals surface area contributed by atoms with Crippen LogP contribution >= 0.6 is 0 Å². The number of carbonyl (C=O) groups is 1. The molecule has 0 aromatic heterocycles. The highest BCUT2D eigenvalue weighted by Crippen LogP contribution is 2.33. The Morgan fingerprint density at radius 1 is 1.58 bits per heavy atom. The second-order valence-electron chi connectivity index (χ2n) is 6.04. The van der Waals surface area contributed by atoms with Crippen molar-refractivity contribution in [2.45, 2.75) is 64.9 Å². The van der Waals surface area contributed by atoms with E-state index in [4.69, 9.17) is 9.47 Å². The highest BCUT2D eigenvalue weighted by molar-refractivity contribution is 5.73. The van der Waals surface area contributed by atoms with Gasteiger partial charge >= 0.3 is 0 Å². The summed E-state index contributed by atoms with van der Waals surface area (Å²) < 4.78 is 11.3. The molecule has 108 valence electrons. The van der Waals surface area contributed by atoms with E-state index in [1.807, 2.05) is 13.8 Å². The van der Waals surface area contributed by atoms with E-state index in [0.29, 0.717) is 12.0 Å². The zero-order chi connectivity index (χ0) is 14.0. The molecule has 2 unspecified atom stereocenters. The van der Waals surface area contributed by atoms with Crippen molar-refractivity contribution in [3.8, 4) is 0 Å². The first-order chi connectivity index (χ1) is 8.95. The Hall–Kier alpha value is -0.870. The van der Waals surface area contributed by atoms with Crippen molar-refractivity contribution in [3.63, 3.8) is 0 Å². The Labute approximate surface area is 115 Å². The third kappa shape index (κ3) is 4.32. The largest absolute Gasteiger partial charge is 0.373 e. The summed E-state index contributed by atoms with van der Waals surface area (Å²) in [5, 5.41) is 3.08. The molecule has 1 amide bonds. The van der Waals surface area contributed by atoms with Crippen LogP contribution in [0.4, 0.5) is 0 Å². The monoisotopic (exact) mass is 267 g/mol. The highest BCUT2D eigenvalue weighted by Gasteiger charge is 2.38. The van der Waals surface area contributed by atoms with Gasteiger partial charge in [-0.15, -0.1) is 0 Å². The van der Waals surface area contributed by atoms with E-state index in [2.05, 4.69) is 18.3 Å². The van der Waals surface area contributed by atoms with Crippen LogP contribution < -0.4 is 5.32 Å². The summed E-state index contributed by atoms with van der Waals surface area (Å²) in [6, 6.07) is 0.0628. The molecule has 1 fully saturated rings. The first-order valence-corrected chi connectivity index (χ1v) is 7.17. The van der Waals surface area contributed by atoms with Crippen LogP contribution in [-0.2, 0) is 14.3 Å². The summed E-state index contributed by atoms with van der Waals surface area (Å²) in [7, 11) is 0. The summed E-state index contributed by atoms with van der Waals surface area (Å²) in [4.78, 5) is 11.5. The number of epoxide rings is 1. The molecule has 4 nitrogen and oxygen atoms in total. The topological polar surface area (TPSA) is 50.9 Å². The van der Waals surface area contributed by atoms with E-state index in [0.717, 1.165) is 19.4 Å². The normalized spacial score (nSPS) is 34.1. The van der Waals surface area contributed by atoms with Crippen LogP contribution in [0.3, 0.4) is 0 Å². The van der Waals surface area contributed by atoms with E-state index in [9.17, 15) is 4.79 Å². The van der Waals surface area contributed by atoms with Gasteiger partial charge in [0.1, 0.15) is 0 Å². The number of hydrogen-bond donors (Lipinski definition) is 1. The van der Waals surface area contributed by atoms with Gasteiger partial charge in [-0.25, -0.2) is 0 Å². The molecule has 4 atom stereocenters. The fourth-order valence-electron chi connectivity index (χ4n) is 2.91. The van der Waals surface area contributed by atoms with Crippen LogP contribution in [0.15, 0.2) is 11.6 Å². The minimum Gasteiger partial charge on any atom is -0.373 e. The van der Waals surface area contributed by atoms with Crippen molar-refractivity contribution < 1.29 is 14.3 Å². The molecule has 0 saturated carbocycles. The lowest BCUT2D eigenvalue weighted by atomic mass is 9.80. The molecule has 1 aliphatic heterocycles. The average Bonchev–Trinajstić information content (AvgIpc) is 3.05. The van der Waals surface area contributed by atoms with E-state index in [-0.39, 0.29) is 24.2 Å². The maximum Gasteiger partial charge on any atom is 0.217 e. The molecule has 0 aromatic rings. The van der Waals surface area contributed by atoms with Crippen molar-refractivity contribution in [1.29, 1.82) is 0 Å². The molecule has 0 aromatic carbocycles. The van der Waals surface area contributed by atoms with Gasteiger partial charge in [0.2, 0.25) is 5.91 Å². The average molecular weight is 267 g/mol. The van der Waals surface area contributed by atoms with Crippen molar-refractivity contribution in [2.75, 3.05) is 6.61 Å². The summed E-state index contributed by atoms with van der Waals surface area (Å²) in [5.41, 5.74) is 1.35. The van der Waals surface area contributed by atoms with Crippen molar-refractivity contribution in [3.05, 3.63) is 11.6 Å². The lowest BCUT2D eigenvalue weighted by Crippen LogP contribution is -2.50. The van der Waals surface area contributed by atoms with Gasteiger partial charge in [-0.1, -0.05) is 11.6 Å². The number of carbonyl (C=O) groups excluding carboxylic acids is 1. The third-order valence-corrected chi connectivity index (χ3v) is 3.66. The van der Waals surface area contributed by atoms with Crippen molar-refractivity contribution in [1.82, 2.24) is 5.32 Å².